The molecule has 2 aromatic carbocycles. The molecule has 3 nitrogen and oxygen atoms in total. The summed E-state index contributed by atoms with van der Waals surface area (Å²) >= 11 is 0. The first-order valence-corrected chi connectivity index (χ1v) is 7.83. The molecule has 0 unspecified atom stereocenters. The minimum absolute atomic E-state index is 0.0435. The minimum Gasteiger partial charge on any atom is -0.207 e. The van der Waals surface area contributed by atoms with E-state index in [0.29, 0.717) is 0 Å². The highest BCUT2D eigenvalue weighted by atomic mass is 32.2. The quantitative estimate of drug-likeness (QED) is 0.860. The van der Waals surface area contributed by atoms with E-state index in [2.05, 4.69) is 0 Å². The molecule has 7 heteroatoms. The monoisotopic (exact) mass is 329 g/mol. The molecule has 0 heterocycles. The normalized spacial score (nSPS) is 12.6. The molecule has 0 atom stereocenters. The maximum Gasteiger partial charge on any atom is 0.416 e. The molecule has 0 aliphatic carbocycles. The maximum atomic E-state index is 13.0. The minimum atomic E-state index is -4.52. The Balaban J connectivity index is 2.32. The van der Waals surface area contributed by atoms with Crippen molar-refractivity contribution in [2.24, 2.45) is 0 Å². The van der Waals surface area contributed by atoms with E-state index in [0.717, 1.165) is 10.4 Å². The van der Waals surface area contributed by atoms with E-state index in [1.807, 2.05) is 0 Å². The summed E-state index contributed by atoms with van der Waals surface area (Å²) in [6.07, 6.45) is -4.52. The topological polar surface area (TPSA) is 37.4 Å². The second-order valence-corrected chi connectivity index (χ2v) is 6.77. The highest BCUT2D eigenvalue weighted by molar-refractivity contribution is 7.89. The molecular weight excluding hydrogens is 315 g/mol. The average Bonchev–Trinajstić information content (AvgIpc) is 2.47. The molecule has 0 spiro atoms. The second kappa shape index (κ2) is 6.10. The lowest BCUT2D eigenvalue weighted by atomic mass is 10.1. The Labute approximate surface area is 127 Å². The molecule has 22 heavy (non-hydrogen) atoms. The van der Waals surface area contributed by atoms with E-state index in [9.17, 15) is 21.6 Å². The molecule has 0 aliphatic rings. The van der Waals surface area contributed by atoms with Gasteiger partial charge in [0.15, 0.2) is 0 Å². The number of hydrogen-bond acceptors (Lipinski definition) is 2. The number of halogens is 3. The molecule has 0 saturated heterocycles. The van der Waals surface area contributed by atoms with Crippen molar-refractivity contribution in [3.8, 4) is 0 Å². The average molecular weight is 329 g/mol. The van der Waals surface area contributed by atoms with Gasteiger partial charge in [-0.25, -0.2) is 8.42 Å². The fraction of sp³-hybridized carbons (Fsp3) is 0.200. The molecule has 0 bridgehead atoms. The molecule has 0 saturated carbocycles. The first-order valence-electron chi connectivity index (χ1n) is 6.39. The van der Waals surface area contributed by atoms with E-state index in [4.69, 9.17) is 0 Å². The van der Waals surface area contributed by atoms with Crippen LogP contribution < -0.4 is 0 Å². The van der Waals surface area contributed by atoms with Crippen LogP contribution in [0.1, 0.15) is 11.1 Å². The van der Waals surface area contributed by atoms with Crippen molar-refractivity contribution in [3.05, 3.63) is 65.7 Å². The molecule has 0 N–H and O–H groups in total. The summed E-state index contributed by atoms with van der Waals surface area (Å²) in [5.74, 6) is 0. The first kappa shape index (κ1) is 16.5. The highest BCUT2D eigenvalue weighted by Gasteiger charge is 2.34. The molecular formula is C15H14F3NO2S. The number of sulfonamides is 1. The number of hydrogen-bond donors (Lipinski definition) is 0. The van der Waals surface area contributed by atoms with Gasteiger partial charge in [-0.1, -0.05) is 36.4 Å². The van der Waals surface area contributed by atoms with Crippen molar-refractivity contribution in [2.45, 2.75) is 17.6 Å². The Morgan fingerprint density at radius 1 is 0.955 bits per heavy atom. The molecule has 0 aromatic heterocycles. The van der Waals surface area contributed by atoms with Gasteiger partial charge >= 0.3 is 6.18 Å². The molecule has 2 aromatic rings. The van der Waals surface area contributed by atoms with Crippen LogP contribution in [-0.4, -0.2) is 19.8 Å². The van der Waals surface area contributed by atoms with Crippen molar-refractivity contribution < 1.29 is 21.6 Å². The zero-order valence-electron chi connectivity index (χ0n) is 11.7. The van der Waals surface area contributed by atoms with Gasteiger partial charge in [0.25, 0.3) is 0 Å². The predicted octanol–water partition coefficient (Wildman–Crippen LogP) is 3.53. The predicted molar refractivity (Wildman–Crippen MR) is 76.5 cm³/mol. The summed E-state index contributed by atoms with van der Waals surface area (Å²) in [5.41, 5.74) is -0.915. The van der Waals surface area contributed by atoms with Crippen LogP contribution in [0.3, 0.4) is 0 Å². The largest absolute Gasteiger partial charge is 0.416 e. The lowest BCUT2D eigenvalue weighted by Gasteiger charge is -2.20. The van der Waals surface area contributed by atoms with Crippen molar-refractivity contribution in [2.75, 3.05) is 7.05 Å². The van der Waals surface area contributed by atoms with Crippen LogP contribution in [0.2, 0.25) is 0 Å². The van der Waals surface area contributed by atoms with Gasteiger partial charge in [0, 0.05) is 13.6 Å². The third-order valence-electron chi connectivity index (χ3n) is 3.17. The molecule has 2 rings (SSSR count). The number of benzene rings is 2. The molecule has 0 aliphatic heterocycles. The Bertz CT molecular complexity index is 743. The third-order valence-corrected chi connectivity index (χ3v) is 4.98. The van der Waals surface area contributed by atoms with Gasteiger partial charge in [-0.3, -0.25) is 0 Å². The molecule has 118 valence electrons. The van der Waals surface area contributed by atoms with Crippen LogP contribution in [0.15, 0.2) is 59.5 Å². The maximum absolute atomic E-state index is 13.0. The molecule has 0 fully saturated rings. The highest BCUT2D eigenvalue weighted by Crippen LogP contribution is 2.32. The van der Waals surface area contributed by atoms with Gasteiger partial charge < -0.3 is 0 Å². The van der Waals surface area contributed by atoms with Crippen LogP contribution in [0.5, 0.6) is 0 Å². The van der Waals surface area contributed by atoms with Gasteiger partial charge in [-0.2, -0.15) is 17.5 Å². The number of rotatable bonds is 4. The summed E-state index contributed by atoms with van der Waals surface area (Å²) in [6, 6.07) is 12.5. The second-order valence-electron chi connectivity index (χ2n) is 4.73. The van der Waals surface area contributed by atoms with E-state index in [-0.39, 0.29) is 17.0 Å². The van der Waals surface area contributed by atoms with E-state index in [1.54, 1.807) is 18.2 Å². The zero-order chi connectivity index (χ0) is 16.4. The summed E-state index contributed by atoms with van der Waals surface area (Å²) in [7, 11) is -2.57. The van der Waals surface area contributed by atoms with Crippen molar-refractivity contribution in [1.29, 1.82) is 0 Å². The van der Waals surface area contributed by atoms with Crippen molar-refractivity contribution >= 4 is 10.0 Å². The van der Waals surface area contributed by atoms with Gasteiger partial charge in [-0.15, -0.1) is 0 Å². The van der Waals surface area contributed by atoms with E-state index < -0.39 is 21.8 Å². The Hall–Kier alpha value is -1.86. The van der Waals surface area contributed by atoms with Crippen LogP contribution in [0.25, 0.3) is 0 Å². The SMILES string of the molecule is CN(Cc1ccccc1C(F)(F)F)S(=O)(=O)c1ccccc1. The van der Waals surface area contributed by atoms with Crippen molar-refractivity contribution in [3.63, 3.8) is 0 Å². The molecule has 0 radical (unpaired) electrons. The van der Waals surface area contributed by atoms with Crippen LogP contribution in [-0.2, 0) is 22.7 Å². The Morgan fingerprint density at radius 3 is 2.09 bits per heavy atom. The Morgan fingerprint density at radius 2 is 1.50 bits per heavy atom. The third kappa shape index (κ3) is 3.48. The van der Waals surface area contributed by atoms with Crippen LogP contribution in [0.4, 0.5) is 13.2 Å². The summed E-state index contributed by atoms with van der Waals surface area (Å²) in [5, 5.41) is 0. The van der Waals surface area contributed by atoms with Gasteiger partial charge in [0.05, 0.1) is 10.5 Å². The van der Waals surface area contributed by atoms with Crippen LogP contribution >= 0.6 is 0 Å². The summed E-state index contributed by atoms with van der Waals surface area (Å²) in [6.45, 7) is -0.354. The van der Waals surface area contributed by atoms with Crippen molar-refractivity contribution in [1.82, 2.24) is 4.31 Å². The molecule has 0 amide bonds. The smallest absolute Gasteiger partial charge is 0.207 e. The van der Waals surface area contributed by atoms with E-state index in [1.165, 1.54) is 37.4 Å². The Kier molecular flexibility index (Phi) is 4.58. The number of alkyl halides is 3. The summed E-state index contributed by atoms with van der Waals surface area (Å²) < 4.78 is 64.4. The first-order chi connectivity index (χ1) is 10.2. The van der Waals surface area contributed by atoms with Gasteiger partial charge in [-0.05, 0) is 23.8 Å². The van der Waals surface area contributed by atoms with Crippen LogP contribution in [0, 0.1) is 0 Å². The lowest BCUT2D eigenvalue weighted by molar-refractivity contribution is -0.138. The number of nitrogens with zero attached hydrogens (tertiary/aromatic N) is 1. The van der Waals surface area contributed by atoms with Gasteiger partial charge in [0.1, 0.15) is 0 Å². The standard InChI is InChI=1S/C15H14F3NO2S/c1-19(22(20,21)13-8-3-2-4-9-13)11-12-7-5-6-10-14(12)15(16,17)18/h2-10H,11H2,1H3. The zero-order valence-corrected chi connectivity index (χ0v) is 12.5. The summed E-state index contributed by atoms with van der Waals surface area (Å²) in [4.78, 5) is 0.0435. The van der Waals surface area contributed by atoms with Gasteiger partial charge in [0.2, 0.25) is 10.0 Å². The van der Waals surface area contributed by atoms with E-state index >= 15 is 0 Å². The fourth-order valence-electron chi connectivity index (χ4n) is 2.03. The fourth-order valence-corrected chi connectivity index (χ4v) is 3.20. The lowest BCUT2D eigenvalue weighted by Crippen LogP contribution is -2.27.